The average molecular weight is 432 g/mol. The standard InChI is InChI=1S/C24H22ClN5O/c1-4-14(2)30-15(3)26-22-20(24(30)31)21-23(28-19-8-6-5-7-18(19)27-21)29(22)13-16-9-11-17(25)12-10-16/h5-12,14H,4,13H2,1-3H3/t14-/m0/s1. The van der Waals surface area contributed by atoms with Crippen LogP contribution < -0.4 is 5.56 Å². The van der Waals surface area contributed by atoms with Crippen molar-refractivity contribution in [2.24, 2.45) is 0 Å². The predicted molar refractivity (Wildman–Crippen MR) is 125 cm³/mol. The molecule has 7 heteroatoms. The Morgan fingerprint density at radius 2 is 1.65 bits per heavy atom. The number of benzene rings is 2. The molecule has 0 amide bonds. The first-order valence-electron chi connectivity index (χ1n) is 10.4. The van der Waals surface area contributed by atoms with Crippen LogP contribution in [0.4, 0.5) is 0 Å². The Balaban J connectivity index is 1.89. The van der Waals surface area contributed by atoms with Crippen LogP contribution in [0.5, 0.6) is 0 Å². The smallest absolute Gasteiger partial charge is 0.265 e. The highest BCUT2D eigenvalue weighted by molar-refractivity contribution is 6.30. The third-order valence-electron chi connectivity index (χ3n) is 5.86. The normalized spacial score (nSPS) is 12.8. The van der Waals surface area contributed by atoms with Crippen LogP contribution in [0.25, 0.3) is 33.2 Å². The number of rotatable bonds is 4. The van der Waals surface area contributed by atoms with E-state index in [1.54, 1.807) is 4.57 Å². The second-order valence-electron chi connectivity index (χ2n) is 7.89. The van der Waals surface area contributed by atoms with Gasteiger partial charge in [-0.05, 0) is 50.1 Å². The molecule has 2 aromatic carbocycles. The number of fused-ring (bicyclic) bond motifs is 4. The predicted octanol–water partition coefficient (Wildman–Crippen LogP) is 5.28. The van der Waals surface area contributed by atoms with Crippen LogP contribution in [0, 0.1) is 6.92 Å². The lowest BCUT2D eigenvalue weighted by molar-refractivity contribution is 0.496. The molecule has 1 atom stereocenters. The second kappa shape index (κ2) is 7.46. The molecule has 0 unspecified atom stereocenters. The fourth-order valence-corrected chi connectivity index (χ4v) is 4.23. The molecule has 0 saturated heterocycles. The van der Waals surface area contributed by atoms with E-state index in [-0.39, 0.29) is 11.6 Å². The van der Waals surface area contributed by atoms with Crippen molar-refractivity contribution in [3.63, 3.8) is 0 Å². The summed E-state index contributed by atoms with van der Waals surface area (Å²) in [6.07, 6.45) is 0.839. The van der Waals surface area contributed by atoms with Gasteiger partial charge in [-0.1, -0.05) is 42.8 Å². The minimum absolute atomic E-state index is 0.0486. The van der Waals surface area contributed by atoms with Gasteiger partial charge in [-0.15, -0.1) is 0 Å². The lowest BCUT2D eigenvalue weighted by Crippen LogP contribution is -2.26. The van der Waals surface area contributed by atoms with Gasteiger partial charge in [0.2, 0.25) is 0 Å². The van der Waals surface area contributed by atoms with Crippen LogP contribution >= 0.6 is 11.6 Å². The molecule has 0 N–H and O–H groups in total. The fraction of sp³-hybridized carbons (Fsp3) is 0.250. The lowest BCUT2D eigenvalue weighted by atomic mass is 10.2. The van der Waals surface area contributed by atoms with E-state index in [1.807, 2.05) is 66.9 Å². The van der Waals surface area contributed by atoms with E-state index in [4.69, 9.17) is 26.6 Å². The van der Waals surface area contributed by atoms with E-state index in [0.717, 1.165) is 23.0 Å². The zero-order valence-electron chi connectivity index (χ0n) is 17.6. The molecule has 0 bridgehead atoms. The van der Waals surface area contributed by atoms with Crippen molar-refractivity contribution in [3.8, 4) is 0 Å². The van der Waals surface area contributed by atoms with E-state index in [1.165, 1.54) is 0 Å². The Hall–Kier alpha value is -3.25. The van der Waals surface area contributed by atoms with Crippen molar-refractivity contribution >= 4 is 44.8 Å². The number of halogens is 1. The highest BCUT2D eigenvalue weighted by atomic mass is 35.5. The Bertz CT molecular complexity index is 1500. The maximum atomic E-state index is 13.6. The summed E-state index contributed by atoms with van der Waals surface area (Å²) < 4.78 is 3.76. The first-order valence-corrected chi connectivity index (χ1v) is 10.8. The van der Waals surface area contributed by atoms with Gasteiger partial charge in [0.05, 0.1) is 17.6 Å². The van der Waals surface area contributed by atoms with Gasteiger partial charge in [-0.25, -0.2) is 15.0 Å². The van der Waals surface area contributed by atoms with E-state index in [2.05, 4.69) is 6.92 Å². The summed E-state index contributed by atoms with van der Waals surface area (Å²) in [4.78, 5) is 28.2. The molecule has 0 radical (unpaired) electrons. The molecule has 31 heavy (non-hydrogen) atoms. The highest BCUT2D eigenvalue weighted by Gasteiger charge is 2.22. The number of para-hydroxylation sites is 2. The van der Waals surface area contributed by atoms with Gasteiger partial charge in [0.25, 0.3) is 5.56 Å². The Kier molecular flexibility index (Phi) is 4.74. The largest absolute Gasteiger partial charge is 0.304 e. The van der Waals surface area contributed by atoms with Crippen molar-refractivity contribution in [1.82, 2.24) is 24.1 Å². The molecule has 0 aliphatic carbocycles. The van der Waals surface area contributed by atoms with Crippen LogP contribution in [-0.2, 0) is 6.54 Å². The molecular formula is C24H22ClN5O. The third-order valence-corrected chi connectivity index (χ3v) is 6.11. The van der Waals surface area contributed by atoms with Crippen LogP contribution in [0.1, 0.15) is 37.7 Å². The number of aromatic nitrogens is 5. The van der Waals surface area contributed by atoms with Crippen LogP contribution in [0.15, 0.2) is 53.3 Å². The molecule has 0 fully saturated rings. The summed E-state index contributed by atoms with van der Waals surface area (Å²) in [5.41, 5.74) is 4.39. The minimum Gasteiger partial charge on any atom is -0.304 e. The SMILES string of the molecule is CC[C@H](C)n1c(C)nc2c(c1=O)c1nc3ccccc3nc1n2Cc1ccc(Cl)cc1. The van der Waals surface area contributed by atoms with Crippen LogP contribution in [-0.4, -0.2) is 24.1 Å². The summed E-state index contributed by atoms with van der Waals surface area (Å²) in [5, 5.41) is 1.20. The monoisotopic (exact) mass is 431 g/mol. The number of nitrogens with zero attached hydrogens (tertiary/aromatic N) is 5. The van der Waals surface area contributed by atoms with Gasteiger partial charge >= 0.3 is 0 Å². The van der Waals surface area contributed by atoms with Crippen molar-refractivity contribution in [2.45, 2.75) is 39.8 Å². The van der Waals surface area contributed by atoms with E-state index in [9.17, 15) is 4.79 Å². The number of hydrogen-bond donors (Lipinski definition) is 0. The quantitative estimate of drug-likeness (QED) is 0.388. The Morgan fingerprint density at radius 1 is 0.968 bits per heavy atom. The lowest BCUT2D eigenvalue weighted by Gasteiger charge is -2.16. The van der Waals surface area contributed by atoms with Gasteiger partial charge in [0, 0.05) is 11.1 Å². The summed E-state index contributed by atoms with van der Waals surface area (Å²) in [6.45, 7) is 6.51. The van der Waals surface area contributed by atoms with E-state index < -0.39 is 0 Å². The second-order valence-corrected chi connectivity index (χ2v) is 8.32. The van der Waals surface area contributed by atoms with Gasteiger partial charge in [0.15, 0.2) is 11.3 Å². The summed E-state index contributed by atoms with van der Waals surface area (Å²) in [7, 11) is 0. The van der Waals surface area contributed by atoms with Crippen molar-refractivity contribution in [2.75, 3.05) is 0 Å². The van der Waals surface area contributed by atoms with Gasteiger partial charge in [-0.3, -0.25) is 9.36 Å². The maximum absolute atomic E-state index is 13.6. The van der Waals surface area contributed by atoms with Crippen LogP contribution in [0.3, 0.4) is 0 Å². The van der Waals surface area contributed by atoms with Gasteiger partial charge in [-0.2, -0.15) is 0 Å². The van der Waals surface area contributed by atoms with Crippen molar-refractivity contribution < 1.29 is 0 Å². The summed E-state index contributed by atoms with van der Waals surface area (Å²) >= 11 is 6.07. The number of aryl methyl sites for hydroxylation is 1. The molecule has 6 nitrogen and oxygen atoms in total. The fourth-order valence-electron chi connectivity index (χ4n) is 4.10. The summed E-state index contributed by atoms with van der Waals surface area (Å²) in [5.74, 6) is 0.691. The zero-order valence-corrected chi connectivity index (χ0v) is 18.4. The average Bonchev–Trinajstić information content (AvgIpc) is 3.05. The Labute approximate surface area is 184 Å². The molecule has 5 rings (SSSR count). The first-order chi connectivity index (χ1) is 15.0. The van der Waals surface area contributed by atoms with E-state index >= 15 is 0 Å². The molecule has 156 valence electrons. The molecule has 3 heterocycles. The van der Waals surface area contributed by atoms with Crippen molar-refractivity contribution in [3.05, 3.63) is 75.3 Å². The minimum atomic E-state index is -0.0683. The zero-order chi connectivity index (χ0) is 21.7. The Morgan fingerprint density at radius 3 is 2.32 bits per heavy atom. The third kappa shape index (κ3) is 3.18. The van der Waals surface area contributed by atoms with Crippen LogP contribution in [0.2, 0.25) is 5.02 Å². The molecule has 0 saturated carbocycles. The first kappa shape index (κ1) is 19.7. The molecule has 0 spiro atoms. The topological polar surface area (TPSA) is 65.6 Å². The van der Waals surface area contributed by atoms with Gasteiger partial charge < -0.3 is 4.57 Å². The molecule has 0 aliphatic heterocycles. The maximum Gasteiger partial charge on any atom is 0.265 e. The molecular weight excluding hydrogens is 410 g/mol. The number of hydrogen-bond acceptors (Lipinski definition) is 4. The van der Waals surface area contributed by atoms with Gasteiger partial charge in [0.1, 0.15) is 16.7 Å². The highest BCUT2D eigenvalue weighted by Crippen LogP contribution is 2.27. The molecule has 0 aliphatic rings. The summed E-state index contributed by atoms with van der Waals surface area (Å²) in [6, 6.07) is 15.4. The van der Waals surface area contributed by atoms with E-state index in [0.29, 0.717) is 39.6 Å². The molecule has 3 aromatic heterocycles. The van der Waals surface area contributed by atoms with Crippen molar-refractivity contribution in [1.29, 1.82) is 0 Å². The molecule has 5 aromatic rings.